The fourth-order valence-corrected chi connectivity index (χ4v) is 4.92. The summed E-state index contributed by atoms with van der Waals surface area (Å²) in [7, 11) is -3.43. The molecule has 3 N–H and O–H groups in total. The summed E-state index contributed by atoms with van der Waals surface area (Å²) in [6, 6.07) is 13.2. The Labute approximate surface area is 212 Å². The van der Waals surface area contributed by atoms with Crippen LogP contribution in [0.15, 0.2) is 59.5 Å². The normalized spacial score (nSPS) is 15.6. The van der Waals surface area contributed by atoms with Crippen molar-refractivity contribution in [2.45, 2.75) is 30.1 Å². The first-order chi connectivity index (χ1) is 16.5. The Kier molecular flexibility index (Phi) is 8.07. The van der Waals surface area contributed by atoms with Crippen LogP contribution in [-0.2, 0) is 9.84 Å². The summed E-state index contributed by atoms with van der Waals surface area (Å²) in [6.07, 6.45) is -2.37. The van der Waals surface area contributed by atoms with Gasteiger partial charge < -0.3 is 20.4 Å². The molecular formula is C24H25ClF3N3O4S. The van der Waals surface area contributed by atoms with Gasteiger partial charge in [0.05, 0.1) is 16.6 Å². The number of aromatic nitrogens is 1. The highest BCUT2D eigenvalue weighted by Gasteiger charge is 2.33. The van der Waals surface area contributed by atoms with Gasteiger partial charge in [0.25, 0.3) is 5.91 Å². The number of nitrogens with zero attached hydrogens (tertiary/aromatic N) is 1. The molecule has 0 unspecified atom stereocenters. The molecule has 1 aliphatic rings. The number of sulfone groups is 1. The van der Waals surface area contributed by atoms with E-state index in [-0.39, 0.29) is 35.0 Å². The monoisotopic (exact) mass is 543 g/mol. The van der Waals surface area contributed by atoms with Gasteiger partial charge in [-0.25, -0.2) is 8.42 Å². The molecular weight excluding hydrogens is 519 g/mol. The topological polar surface area (TPSA) is 103 Å². The van der Waals surface area contributed by atoms with Crippen molar-refractivity contribution in [3.05, 3.63) is 60.3 Å². The Hall–Kier alpha value is -3.02. The van der Waals surface area contributed by atoms with Crippen molar-refractivity contribution >= 4 is 28.2 Å². The zero-order valence-electron chi connectivity index (χ0n) is 19.2. The maximum atomic E-state index is 12.8. The zero-order valence-corrected chi connectivity index (χ0v) is 20.8. The number of nitrogens with two attached hydrogens (primary N) is 1. The third-order valence-electron chi connectivity index (χ3n) is 5.81. The third-order valence-corrected chi connectivity index (χ3v) is 6.94. The molecule has 0 spiro atoms. The van der Waals surface area contributed by atoms with E-state index < -0.39 is 16.2 Å². The average Bonchev–Trinajstić information content (AvgIpc) is 3.19. The molecule has 4 rings (SSSR count). The summed E-state index contributed by atoms with van der Waals surface area (Å²) in [5.41, 5.74) is 8.22. The summed E-state index contributed by atoms with van der Waals surface area (Å²) in [6.45, 7) is 0.828. The van der Waals surface area contributed by atoms with E-state index in [1.54, 1.807) is 24.3 Å². The van der Waals surface area contributed by atoms with E-state index in [4.69, 9.17) is 5.73 Å². The minimum absolute atomic E-state index is 0. The molecule has 1 aliphatic heterocycles. The molecule has 0 saturated heterocycles. The number of carbonyl (C=O) groups is 1. The van der Waals surface area contributed by atoms with E-state index in [9.17, 15) is 26.4 Å². The van der Waals surface area contributed by atoms with Crippen LogP contribution in [0.2, 0.25) is 0 Å². The Morgan fingerprint density at radius 2 is 1.81 bits per heavy atom. The van der Waals surface area contributed by atoms with E-state index in [1.165, 1.54) is 30.3 Å². The highest BCUT2D eigenvalue weighted by atomic mass is 35.5. The second-order valence-electron chi connectivity index (χ2n) is 8.33. The minimum atomic E-state index is -4.85. The Balaban J connectivity index is 0.00000361. The molecule has 0 aliphatic carbocycles. The van der Waals surface area contributed by atoms with Crippen LogP contribution in [0.3, 0.4) is 0 Å². The molecule has 7 nitrogen and oxygen atoms in total. The fraction of sp³-hybridized carbons (Fsp3) is 0.292. The third kappa shape index (κ3) is 5.85. The lowest BCUT2D eigenvalue weighted by Crippen LogP contribution is -2.39. The first-order valence-corrected chi connectivity index (χ1v) is 12.8. The van der Waals surface area contributed by atoms with Gasteiger partial charge >= 0.3 is 6.36 Å². The number of carbonyl (C=O) groups excluding carboxylic acids is 1. The molecule has 1 atom stereocenters. The van der Waals surface area contributed by atoms with Crippen LogP contribution in [0, 0.1) is 0 Å². The number of hydrogen-bond donors (Lipinski definition) is 2. The van der Waals surface area contributed by atoms with E-state index in [2.05, 4.69) is 10.1 Å². The van der Waals surface area contributed by atoms with Crippen molar-refractivity contribution in [1.82, 2.24) is 9.88 Å². The van der Waals surface area contributed by atoms with Gasteiger partial charge in [-0.05, 0) is 60.8 Å². The van der Waals surface area contributed by atoms with Crippen LogP contribution >= 0.6 is 12.4 Å². The molecule has 3 aromatic rings. The number of benzene rings is 2. The Morgan fingerprint density at radius 1 is 1.11 bits per heavy atom. The van der Waals surface area contributed by atoms with Crippen LogP contribution in [0.4, 0.5) is 13.2 Å². The molecule has 36 heavy (non-hydrogen) atoms. The number of amides is 1. The second kappa shape index (κ2) is 10.5. The average molecular weight is 544 g/mol. The molecule has 12 heteroatoms. The molecule has 0 radical (unpaired) electrons. The summed E-state index contributed by atoms with van der Waals surface area (Å²) in [5.74, 6) is -0.696. The zero-order chi connectivity index (χ0) is 25.4. The Morgan fingerprint density at radius 3 is 2.42 bits per heavy atom. The second-order valence-corrected chi connectivity index (χ2v) is 10.3. The highest BCUT2D eigenvalue weighted by molar-refractivity contribution is 7.90. The number of alkyl halides is 3. The molecule has 0 fully saturated rings. The van der Waals surface area contributed by atoms with Gasteiger partial charge in [-0.3, -0.25) is 4.79 Å². The summed E-state index contributed by atoms with van der Waals surface area (Å²) in [5, 5.41) is 2.86. The highest BCUT2D eigenvalue weighted by Crippen LogP contribution is 2.41. The number of halogens is 4. The smallest absolute Gasteiger partial charge is 0.406 e. The van der Waals surface area contributed by atoms with Crippen molar-refractivity contribution in [1.29, 1.82) is 0 Å². The predicted molar refractivity (Wildman–Crippen MR) is 132 cm³/mol. The number of ether oxygens (including phenoxy) is 1. The van der Waals surface area contributed by atoms with Crippen molar-refractivity contribution in [3.63, 3.8) is 0 Å². The number of fused-ring (bicyclic) bond motifs is 1. The van der Waals surface area contributed by atoms with Gasteiger partial charge in [0, 0.05) is 18.4 Å². The number of rotatable bonds is 7. The van der Waals surface area contributed by atoms with Crippen LogP contribution in [0.1, 0.15) is 29.4 Å². The van der Waals surface area contributed by atoms with Gasteiger partial charge in [-0.2, -0.15) is 0 Å². The van der Waals surface area contributed by atoms with Gasteiger partial charge in [-0.1, -0.05) is 24.3 Å². The largest absolute Gasteiger partial charge is 0.573 e. The van der Waals surface area contributed by atoms with Gasteiger partial charge in [0.15, 0.2) is 9.84 Å². The summed E-state index contributed by atoms with van der Waals surface area (Å²) >= 11 is 0. The number of nitrogens with one attached hydrogen (secondary N) is 1. The predicted octanol–water partition coefficient (Wildman–Crippen LogP) is 4.57. The van der Waals surface area contributed by atoms with Gasteiger partial charge in [0.2, 0.25) is 0 Å². The van der Waals surface area contributed by atoms with E-state index in [0.29, 0.717) is 54.0 Å². The molecule has 0 bridgehead atoms. The van der Waals surface area contributed by atoms with Crippen LogP contribution in [-0.4, -0.2) is 44.6 Å². The Bertz CT molecular complexity index is 1360. The van der Waals surface area contributed by atoms with E-state index >= 15 is 0 Å². The van der Waals surface area contributed by atoms with Gasteiger partial charge in [-0.15, -0.1) is 25.6 Å². The molecule has 194 valence electrons. The van der Waals surface area contributed by atoms with Crippen molar-refractivity contribution in [2.24, 2.45) is 5.73 Å². The molecule has 1 aromatic heterocycles. The summed E-state index contributed by atoms with van der Waals surface area (Å²) in [4.78, 5) is 12.9. The first kappa shape index (κ1) is 27.6. The fourth-order valence-electron chi connectivity index (χ4n) is 4.29. The first-order valence-electron chi connectivity index (χ1n) is 10.9. The molecule has 2 aromatic carbocycles. The maximum absolute atomic E-state index is 12.8. The van der Waals surface area contributed by atoms with Crippen LogP contribution in [0.25, 0.3) is 22.4 Å². The molecule has 2 heterocycles. The number of hydrogen-bond acceptors (Lipinski definition) is 5. The van der Waals surface area contributed by atoms with Crippen molar-refractivity contribution < 1.29 is 31.1 Å². The quantitative estimate of drug-likeness (QED) is 0.454. The minimum Gasteiger partial charge on any atom is -0.406 e. The summed E-state index contributed by atoms with van der Waals surface area (Å²) < 4.78 is 68.3. The molecule has 0 saturated carbocycles. The van der Waals surface area contributed by atoms with Crippen molar-refractivity contribution in [3.8, 4) is 28.1 Å². The van der Waals surface area contributed by atoms with E-state index in [0.717, 1.165) is 6.26 Å². The lowest BCUT2D eigenvalue weighted by molar-refractivity contribution is -0.274. The lowest BCUT2D eigenvalue weighted by atomic mass is 10.0. The van der Waals surface area contributed by atoms with Crippen molar-refractivity contribution in [2.75, 3.05) is 19.3 Å². The van der Waals surface area contributed by atoms with Crippen LogP contribution in [0.5, 0.6) is 5.75 Å². The molecule has 1 amide bonds. The van der Waals surface area contributed by atoms with Crippen LogP contribution < -0.4 is 15.8 Å². The SMILES string of the molecule is CS(=O)(=O)c1ccc(-c2c(-c3cccc(OC(F)(F)F)c3)cc3n2[C@@H](CCCN)CNC3=O)cc1.Cl. The maximum Gasteiger partial charge on any atom is 0.573 e. The van der Waals surface area contributed by atoms with Gasteiger partial charge in [0.1, 0.15) is 11.4 Å². The lowest BCUT2D eigenvalue weighted by Gasteiger charge is -2.29. The standard InChI is InChI=1S/C24H24F3N3O4S.ClH/c1-35(32,33)19-9-7-15(8-10-19)22-20(16-4-2-6-18(12-16)34-24(25,26)27)13-21-23(31)29-14-17(30(21)22)5-3-11-28;/h2,4,6-10,12-13,17H,3,5,11,14,28H2,1H3,(H,29,31);1H/t17-;/m0./s1. The van der Waals surface area contributed by atoms with E-state index in [1.807, 2.05) is 4.57 Å².